The molecule has 2 unspecified atom stereocenters. The predicted octanol–water partition coefficient (Wildman–Crippen LogP) is 0.909. The van der Waals surface area contributed by atoms with Crippen molar-refractivity contribution < 1.29 is 14.3 Å². The number of halogens is 2. The topological polar surface area (TPSA) is 61.4 Å². The fourth-order valence-corrected chi connectivity index (χ4v) is 1.68. The van der Waals surface area contributed by atoms with Crippen molar-refractivity contribution in [2.75, 3.05) is 11.9 Å². The van der Waals surface area contributed by atoms with Crippen LogP contribution >= 0.6 is 12.4 Å². The molecule has 1 aliphatic rings. The van der Waals surface area contributed by atoms with Gasteiger partial charge in [-0.05, 0) is 30.7 Å². The molecule has 0 aliphatic carbocycles. The van der Waals surface area contributed by atoms with E-state index in [4.69, 9.17) is 0 Å². The number of hydrogen-bond acceptors (Lipinski definition) is 3. The average molecular weight is 261 g/mol. The van der Waals surface area contributed by atoms with E-state index in [1.165, 1.54) is 24.3 Å². The Kier molecular flexibility index (Phi) is 4.86. The number of β-amino-alcohol motifs (C(OH)–C–C–N with tert-alkyl or cyclic N) is 1. The van der Waals surface area contributed by atoms with Crippen LogP contribution < -0.4 is 10.6 Å². The molecule has 0 spiro atoms. The lowest BCUT2D eigenvalue weighted by Gasteiger charge is -2.10. The maximum absolute atomic E-state index is 12.6. The van der Waals surface area contributed by atoms with Gasteiger partial charge in [0.15, 0.2) is 0 Å². The number of nitrogens with one attached hydrogen (secondary N) is 2. The largest absolute Gasteiger partial charge is 0.392 e. The van der Waals surface area contributed by atoms with Gasteiger partial charge in [-0.2, -0.15) is 0 Å². The van der Waals surface area contributed by atoms with E-state index in [1.54, 1.807) is 0 Å². The molecule has 1 aliphatic heterocycles. The number of rotatable bonds is 2. The number of benzene rings is 1. The Morgan fingerprint density at radius 3 is 2.59 bits per heavy atom. The molecule has 2 rings (SSSR count). The summed E-state index contributed by atoms with van der Waals surface area (Å²) in [6.07, 6.45) is -0.0588. The van der Waals surface area contributed by atoms with E-state index in [-0.39, 0.29) is 30.2 Å². The van der Waals surface area contributed by atoms with Crippen molar-refractivity contribution in [2.45, 2.75) is 18.6 Å². The van der Waals surface area contributed by atoms with Crippen molar-refractivity contribution in [3.8, 4) is 0 Å². The van der Waals surface area contributed by atoms with Crippen molar-refractivity contribution in [1.29, 1.82) is 0 Å². The van der Waals surface area contributed by atoms with Crippen LogP contribution in [0.15, 0.2) is 24.3 Å². The van der Waals surface area contributed by atoms with E-state index in [2.05, 4.69) is 10.6 Å². The van der Waals surface area contributed by atoms with Crippen molar-refractivity contribution in [3.63, 3.8) is 0 Å². The molecule has 0 aromatic heterocycles. The molecule has 3 N–H and O–H groups in total. The van der Waals surface area contributed by atoms with Gasteiger partial charge in [0.25, 0.3) is 0 Å². The zero-order chi connectivity index (χ0) is 11.5. The predicted molar refractivity (Wildman–Crippen MR) is 64.7 cm³/mol. The number of carbonyl (C=O) groups excluding carboxylic acids is 1. The molecule has 0 saturated carbocycles. The highest BCUT2D eigenvalue weighted by Crippen LogP contribution is 2.12. The maximum atomic E-state index is 12.6. The minimum atomic E-state index is -0.469. The zero-order valence-electron chi connectivity index (χ0n) is 9.02. The Morgan fingerprint density at radius 2 is 2.06 bits per heavy atom. The van der Waals surface area contributed by atoms with Crippen LogP contribution in [0.4, 0.5) is 10.1 Å². The molecule has 1 heterocycles. The Hall–Kier alpha value is -1.17. The number of carbonyl (C=O) groups is 1. The lowest BCUT2D eigenvalue weighted by molar-refractivity contribution is -0.117. The molecule has 1 aromatic rings. The summed E-state index contributed by atoms with van der Waals surface area (Å²) in [7, 11) is 0. The highest BCUT2D eigenvalue weighted by Gasteiger charge is 2.27. The van der Waals surface area contributed by atoms with E-state index < -0.39 is 6.10 Å². The summed E-state index contributed by atoms with van der Waals surface area (Å²) in [6, 6.07) is 5.19. The fourth-order valence-electron chi connectivity index (χ4n) is 1.68. The standard InChI is InChI=1S/C11H13FN2O2.ClH/c12-7-1-3-8(4-2-7)14-11(16)10-5-9(15)6-13-10;/h1-4,9-10,13,15H,5-6H2,(H,14,16);1H. The van der Waals surface area contributed by atoms with Gasteiger partial charge in [-0.3, -0.25) is 4.79 Å². The molecular formula is C11H14ClFN2O2. The van der Waals surface area contributed by atoms with Gasteiger partial charge in [-0.1, -0.05) is 0 Å². The first kappa shape index (κ1) is 13.9. The summed E-state index contributed by atoms with van der Waals surface area (Å²) in [5, 5.41) is 14.8. The number of anilines is 1. The van der Waals surface area contributed by atoms with Gasteiger partial charge in [0.2, 0.25) is 5.91 Å². The SMILES string of the molecule is Cl.O=C(Nc1ccc(F)cc1)C1CC(O)CN1. The molecule has 17 heavy (non-hydrogen) atoms. The summed E-state index contributed by atoms with van der Waals surface area (Å²) in [5.74, 6) is -0.546. The van der Waals surface area contributed by atoms with Crippen molar-refractivity contribution >= 4 is 24.0 Å². The summed E-state index contributed by atoms with van der Waals surface area (Å²) < 4.78 is 12.6. The first-order valence-electron chi connectivity index (χ1n) is 5.13. The minimum Gasteiger partial charge on any atom is -0.392 e. The van der Waals surface area contributed by atoms with Crippen LogP contribution in [0.5, 0.6) is 0 Å². The van der Waals surface area contributed by atoms with E-state index >= 15 is 0 Å². The summed E-state index contributed by atoms with van der Waals surface area (Å²) >= 11 is 0. The zero-order valence-corrected chi connectivity index (χ0v) is 9.84. The first-order valence-corrected chi connectivity index (χ1v) is 5.13. The molecular weight excluding hydrogens is 247 g/mol. The van der Waals surface area contributed by atoms with E-state index in [0.29, 0.717) is 18.7 Å². The lowest BCUT2D eigenvalue weighted by Crippen LogP contribution is -2.35. The molecule has 6 heteroatoms. The first-order chi connectivity index (χ1) is 7.65. The maximum Gasteiger partial charge on any atom is 0.241 e. The Balaban J connectivity index is 0.00000144. The lowest BCUT2D eigenvalue weighted by atomic mass is 10.2. The molecule has 1 fully saturated rings. The molecule has 2 atom stereocenters. The van der Waals surface area contributed by atoms with E-state index in [1.807, 2.05) is 0 Å². The van der Waals surface area contributed by atoms with E-state index in [0.717, 1.165) is 0 Å². The van der Waals surface area contributed by atoms with Crippen LogP contribution in [0, 0.1) is 5.82 Å². The summed E-state index contributed by atoms with van der Waals surface area (Å²) in [4.78, 5) is 11.7. The molecule has 4 nitrogen and oxygen atoms in total. The van der Waals surface area contributed by atoms with Crippen LogP contribution in [-0.4, -0.2) is 29.7 Å². The highest BCUT2D eigenvalue weighted by molar-refractivity contribution is 5.95. The Labute approximate surface area is 105 Å². The summed E-state index contributed by atoms with van der Waals surface area (Å²) in [5.41, 5.74) is 0.551. The summed E-state index contributed by atoms with van der Waals surface area (Å²) in [6.45, 7) is 0.432. The fraction of sp³-hybridized carbons (Fsp3) is 0.364. The van der Waals surface area contributed by atoms with Crippen LogP contribution in [0.2, 0.25) is 0 Å². The quantitative estimate of drug-likeness (QED) is 0.741. The third-order valence-corrected chi connectivity index (χ3v) is 2.54. The number of aliphatic hydroxyl groups is 1. The van der Waals surface area contributed by atoms with Crippen LogP contribution in [-0.2, 0) is 4.79 Å². The van der Waals surface area contributed by atoms with Crippen LogP contribution in [0.25, 0.3) is 0 Å². The van der Waals surface area contributed by atoms with Gasteiger partial charge in [-0.25, -0.2) is 4.39 Å². The number of aliphatic hydroxyl groups excluding tert-OH is 1. The van der Waals surface area contributed by atoms with Crippen LogP contribution in [0.1, 0.15) is 6.42 Å². The average Bonchev–Trinajstić information content (AvgIpc) is 2.68. The Morgan fingerprint density at radius 1 is 1.41 bits per heavy atom. The van der Waals surface area contributed by atoms with Crippen LogP contribution in [0.3, 0.4) is 0 Å². The van der Waals surface area contributed by atoms with Gasteiger partial charge >= 0.3 is 0 Å². The molecule has 0 bridgehead atoms. The van der Waals surface area contributed by atoms with Gasteiger partial charge in [0.1, 0.15) is 5.82 Å². The van der Waals surface area contributed by atoms with Crippen molar-refractivity contribution in [3.05, 3.63) is 30.1 Å². The van der Waals surface area contributed by atoms with Crippen molar-refractivity contribution in [2.24, 2.45) is 0 Å². The second-order valence-electron chi connectivity index (χ2n) is 3.85. The van der Waals surface area contributed by atoms with E-state index in [9.17, 15) is 14.3 Å². The normalized spacial score (nSPS) is 22.9. The monoisotopic (exact) mass is 260 g/mol. The third-order valence-electron chi connectivity index (χ3n) is 2.54. The number of hydrogen-bond donors (Lipinski definition) is 3. The smallest absolute Gasteiger partial charge is 0.241 e. The third kappa shape index (κ3) is 3.66. The highest BCUT2D eigenvalue weighted by atomic mass is 35.5. The van der Waals surface area contributed by atoms with Gasteiger partial charge in [0, 0.05) is 12.2 Å². The minimum absolute atomic E-state index is 0. The molecule has 1 aromatic carbocycles. The number of amides is 1. The van der Waals surface area contributed by atoms with Gasteiger partial charge < -0.3 is 15.7 Å². The molecule has 0 radical (unpaired) electrons. The molecule has 1 saturated heterocycles. The van der Waals surface area contributed by atoms with Gasteiger partial charge in [-0.15, -0.1) is 12.4 Å². The second kappa shape index (κ2) is 5.95. The second-order valence-corrected chi connectivity index (χ2v) is 3.85. The Bertz CT molecular complexity index is 386. The molecule has 94 valence electrons. The van der Waals surface area contributed by atoms with Crippen molar-refractivity contribution in [1.82, 2.24) is 5.32 Å². The molecule has 1 amide bonds. The van der Waals surface area contributed by atoms with Gasteiger partial charge in [0.05, 0.1) is 12.1 Å².